The fourth-order valence-corrected chi connectivity index (χ4v) is 4.62. The van der Waals surface area contributed by atoms with Crippen LogP contribution in [0.1, 0.15) is 58.7 Å². The summed E-state index contributed by atoms with van der Waals surface area (Å²) in [6.07, 6.45) is 4.41. The molecule has 1 atom stereocenters. The van der Waals surface area contributed by atoms with E-state index in [0.29, 0.717) is 16.0 Å². The molecule has 1 N–H and O–H groups in total. The number of aromatic carboxylic acids is 1. The van der Waals surface area contributed by atoms with Crippen LogP contribution in [0.2, 0.25) is 0 Å². The van der Waals surface area contributed by atoms with Crippen LogP contribution in [-0.4, -0.2) is 21.8 Å². The molecule has 0 bridgehead atoms. The van der Waals surface area contributed by atoms with E-state index in [2.05, 4.69) is 18.8 Å². The van der Waals surface area contributed by atoms with Gasteiger partial charge in [0.2, 0.25) is 0 Å². The van der Waals surface area contributed by atoms with E-state index in [4.69, 9.17) is 0 Å². The van der Waals surface area contributed by atoms with E-state index < -0.39 is 5.97 Å². The Morgan fingerprint density at radius 3 is 2.83 bits per heavy atom. The average Bonchev–Trinajstić information content (AvgIpc) is 2.73. The molecule has 2 heterocycles. The van der Waals surface area contributed by atoms with Crippen LogP contribution >= 0.6 is 23.1 Å². The van der Waals surface area contributed by atoms with Gasteiger partial charge in [-0.1, -0.05) is 20.3 Å². The molecule has 1 saturated heterocycles. The van der Waals surface area contributed by atoms with Crippen molar-refractivity contribution in [2.45, 2.75) is 44.8 Å². The van der Waals surface area contributed by atoms with Gasteiger partial charge in [-0.25, -0.2) is 9.78 Å². The Kier molecular flexibility index (Phi) is 4.67. The van der Waals surface area contributed by atoms with Crippen LogP contribution in [0.15, 0.2) is 0 Å². The molecule has 100 valence electrons. The molecule has 1 aliphatic rings. The lowest BCUT2D eigenvalue weighted by Crippen LogP contribution is -2.04. The Morgan fingerprint density at radius 2 is 2.28 bits per heavy atom. The fourth-order valence-electron chi connectivity index (χ4n) is 2.14. The number of carboxylic acids is 1. The van der Waals surface area contributed by atoms with Crippen molar-refractivity contribution >= 4 is 29.1 Å². The molecule has 0 radical (unpaired) electrons. The van der Waals surface area contributed by atoms with Crippen LogP contribution in [-0.2, 0) is 6.42 Å². The summed E-state index contributed by atoms with van der Waals surface area (Å²) in [5.74, 6) is 0.791. The molecular weight excluding hydrogens is 266 g/mol. The Hall–Kier alpha value is -0.550. The Bertz CT molecular complexity index is 423. The predicted molar refractivity (Wildman–Crippen MR) is 76.7 cm³/mol. The van der Waals surface area contributed by atoms with Crippen molar-refractivity contribution < 1.29 is 9.90 Å². The van der Waals surface area contributed by atoms with Gasteiger partial charge < -0.3 is 5.11 Å². The minimum atomic E-state index is -0.824. The molecule has 18 heavy (non-hydrogen) atoms. The van der Waals surface area contributed by atoms with Gasteiger partial charge in [-0.2, -0.15) is 11.8 Å². The highest BCUT2D eigenvalue weighted by Gasteiger charge is 2.24. The first-order valence-corrected chi connectivity index (χ1v) is 8.29. The van der Waals surface area contributed by atoms with Crippen LogP contribution in [0, 0.1) is 5.92 Å². The number of carboxylic acid groups (broad SMARTS) is 1. The molecule has 1 aliphatic heterocycles. The topological polar surface area (TPSA) is 50.2 Å². The lowest BCUT2D eigenvalue weighted by molar-refractivity contribution is 0.0700. The largest absolute Gasteiger partial charge is 0.477 e. The Balaban J connectivity index is 2.23. The molecule has 1 aromatic heterocycles. The molecule has 5 heteroatoms. The van der Waals surface area contributed by atoms with Crippen LogP contribution in [0.4, 0.5) is 0 Å². The second-order valence-electron chi connectivity index (χ2n) is 5.09. The van der Waals surface area contributed by atoms with Crippen molar-refractivity contribution in [2.75, 3.05) is 5.75 Å². The minimum Gasteiger partial charge on any atom is -0.477 e. The smallest absolute Gasteiger partial charge is 0.347 e. The summed E-state index contributed by atoms with van der Waals surface area (Å²) in [6, 6.07) is 0. The highest BCUT2D eigenvalue weighted by Crippen LogP contribution is 2.40. The van der Waals surface area contributed by atoms with Gasteiger partial charge >= 0.3 is 5.97 Å². The summed E-state index contributed by atoms with van der Waals surface area (Å²) >= 11 is 3.31. The van der Waals surface area contributed by atoms with Gasteiger partial charge in [-0.3, -0.25) is 0 Å². The molecule has 0 aromatic carbocycles. The van der Waals surface area contributed by atoms with Crippen LogP contribution in [0.5, 0.6) is 0 Å². The first kappa shape index (κ1) is 13.9. The van der Waals surface area contributed by atoms with Crippen molar-refractivity contribution in [3.05, 3.63) is 15.6 Å². The summed E-state index contributed by atoms with van der Waals surface area (Å²) in [5.41, 5.74) is 0.781. The number of hydrogen-bond donors (Lipinski definition) is 1. The van der Waals surface area contributed by atoms with Gasteiger partial charge in [-0.15, -0.1) is 11.3 Å². The number of rotatable bonds is 4. The zero-order valence-corrected chi connectivity index (χ0v) is 12.4. The number of nitrogens with zero attached hydrogens (tertiary/aromatic N) is 1. The number of hydrogen-bond acceptors (Lipinski definition) is 4. The molecule has 0 amide bonds. The average molecular weight is 285 g/mol. The molecule has 3 nitrogen and oxygen atoms in total. The summed E-state index contributed by atoms with van der Waals surface area (Å²) in [7, 11) is 0. The van der Waals surface area contributed by atoms with Gasteiger partial charge in [0.05, 0.1) is 10.9 Å². The normalized spacial score (nSPS) is 20.3. The maximum Gasteiger partial charge on any atom is 0.347 e. The quantitative estimate of drug-likeness (QED) is 0.908. The third-order valence-corrected chi connectivity index (χ3v) is 5.70. The van der Waals surface area contributed by atoms with Gasteiger partial charge in [0.25, 0.3) is 0 Å². The van der Waals surface area contributed by atoms with Crippen molar-refractivity contribution in [1.82, 2.24) is 4.98 Å². The van der Waals surface area contributed by atoms with Gasteiger partial charge in [-0.05, 0) is 30.9 Å². The van der Waals surface area contributed by atoms with E-state index in [1.165, 1.54) is 29.9 Å². The SMILES string of the molecule is CC(C)Cc1nc(C2CCCCS2)sc1C(=O)O. The fraction of sp³-hybridized carbons (Fsp3) is 0.692. The first-order chi connectivity index (χ1) is 8.58. The van der Waals surface area contributed by atoms with Gasteiger partial charge in [0.15, 0.2) is 0 Å². The predicted octanol–water partition coefficient (Wildman–Crippen LogP) is 4.00. The zero-order valence-electron chi connectivity index (χ0n) is 10.8. The number of thioether (sulfide) groups is 1. The summed E-state index contributed by atoms with van der Waals surface area (Å²) in [4.78, 5) is 16.3. The molecule has 2 rings (SSSR count). The van der Waals surface area contributed by atoms with Crippen LogP contribution in [0.3, 0.4) is 0 Å². The van der Waals surface area contributed by atoms with Gasteiger partial charge in [0.1, 0.15) is 9.88 Å². The first-order valence-electron chi connectivity index (χ1n) is 6.42. The number of thiazole rings is 1. The molecular formula is C13H19NO2S2. The molecule has 1 fully saturated rings. The maximum atomic E-state index is 11.3. The monoisotopic (exact) mass is 285 g/mol. The molecule has 1 aromatic rings. The third kappa shape index (κ3) is 3.26. The number of aromatic nitrogens is 1. The maximum absolute atomic E-state index is 11.3. The second-order valence-corrected chi connectivity index (χ2v) is 7.43. The van der Waals surface area contributed by atoms with Crippen molar-refractivity contribution in [1.29, 1.82) is 0 Å². The van der Waals surface area contributed by atoms with Crippen molar-refractivity contribution in [3.8, 4) is 0 Å². The van der Waals surface area contributed by atoms with E-state index in [0.717, 1.165) is 23.5 Å². The Labute approximate surface area is 116 Å². The summed E-state index contributed by atoms with van der Waals surface area (Å²) in [6.45, 7) is 4.19. The lowest BCUT2D eigenvalue weighted by Gasteiger charge is -2.18. The molecule has 0 spiro atoms. The summed E-state index contributed by atoms with van der Waals surface area (Å²) in [5, 5.41) is 10.7. The van der Waals surface area contributed by atoms with Crippen molar-refractivity contribution in [3.63, 3.8) is 0 Å². The summed E-state index contributed by atoms with van der Waals surface area (Å²) < 4.78 is 0. The number of carbonyl (C=O) groups is 1. The van der Waals surface area contributed by atoms with Gasteiger partial charge in [0, 0.05) is 0 Å². The Morgan fingerprint density at radius 1 is 1.50 bits per heavy atom. The zero-order chi connectivity index (χ0) is 13.1. The highest BCUT2D eigenvalue weighted by atomic mass is 32.2. The van der Waals surface area contributed by atoms with Crippen molar-refractivity contribution in [2.24, 2.45) is 5.92 Å². The lowest BCUT2D eigenvalue weighted by atomic mass is 10.1. The third-order valence-electron chi connectivity index (χ3n) is 2.96. The molecule has 0 aliphatic carbocycles. The highest BCUT2D eigenvalue weighted by molar-refractivity contribution is 7.99. The standard InChI is InChI=1S/C13H19NO2S2/c1-8(2)7-9-11(13(15)16)18-12(14-9)10-5-3-4-6-17-10/h8,10H,3-7H2,1-2H3,(H,15,16). The van der Waals surface area contributed by atoms with E-state index in [1.807, 2.05) is 11.8 Å². The minimum absolute atomic E-state index is 0.419. The van der Waals surface area contributed by atoms with E-state index in [9.17, 15) is 9.90 Å². The molecule has 1 unspecified atom stereocenters. The van der Waals surface area contributed by atoms with Crippen LogP contribution in [0.25, 0.3) is 0 Å². The van der Waals surface area contributed by atoms with E-state index in [-0.39, 0.29) is 0 Å². The molecule has 0 saturated carbocycles. The second kappa shape index (κ2) is 6.06. The van der Waals surface area contributed by atoms with E-state index >= 15 is 0 Å². The van der Waals surface area contributed by atoms with Crippen LogP contribution < -0.4 is 0 Å². The van der Waals surface area contributed by atoms with E-state index in [1.54, 1.807) is 0 Å².